The molecule has 0 unspecified atom stereocenters. The van der Waals surface area contributed by atoms with Gasteiger partial charge in [0.1, 0.15) is 11.6 Å². The standard InChI is InChI=1S/C17H13N3O/c18-10-12-1-3-13(4-2-12)11-20-17-16-9-15(21)6-5-14(16)7-8-19-17/h1-9,21H,11H2,(H,19,20). The molecule has 4 heteroatoms. The molecule has 0 radical (unpaired) electrons. The molecule has 0 amide bonds. The number of pyridine rings is 1. The van der Waals surface area contributed by atoms with Crippen molar-refractivity contribution < 1.29 is 5.11 Å². The normalized spacial score (nSPS) is 10.2. The number of nitrogens with zero attached hydrogens (tertiary/aromatic N) is 2. The van der Waals surface area contributed by atoms with E-state index in [1.165, 1.54) is 0 Å². The minimum absolute atomic E-state index is 0.219. The zero-order valence-electron chi connectivity index (χ0n) is 11.2. The van der Waals surface area contributed by atoms with Crippen LogP contribution in [0.1, 0.15) is 11.1 Å². The molecule has 0 aliphatic heterocycles. The van der Waals surface area contributed by atoms with E-state index in [4.69, 9.17) is 5.26 Å². The van der Waals surface area contributed by atoms with Crippen molar-refractivity contribution in [1.29, 1.82) is 5.26 Å². The first kappa shape index (κ1) is 12.9. The molecule has 3 rings (SSSR count). The summed E-state index contributed by atoms with van der Waals surface area (Å²) in [4.78, 5) is 4.32. The lowest BCUT2D eigenvalue weighted by Gasteiger charge is -2.09. The fourth-order valence-corrected chi connectivity index (χ4v) is 2.18. The van der Waals surface area contributed by atoms with Crippen LogP contribution in [0.3, 0.4) is 0 Å². The third-order valence-corrected chi connectivity index (χ3v) is 3.29. The molecule has 4 nitrogen and oxygen atoms in total. The summed E-state index contributed by atoms with van der Waals surface area (Å²) in [5, 5.41) is 23.6. The fourth-order valence-electron chi connectivity index (χ4n) is 2.18. The van der Waals surface area contributed by atoms with Gasteiger partial charge in [-0.1, -0.05) is 18.2 Å². The number of aromatic nitrogens is 1. The van der Waals surface area contributed by atoms with E-state index < -0.39 is 0 Å². The largest absolute Gasteiger partial charge is 0.508 e. The van der Waals surface area contributed by atoms with Gasteiger partial charge in [0, 0.05) is 18.1 Å². The Balaban J connectivity index is 1.84. The van der Waals surface area contributed by atoms with Gasteiger partial charge in [0.2, 0.25) is 0 Å². The summed E-state index contributed by atoms with van der Waals surface area (Å²) >= 11 is 0. The number of nitrogens with one attached hydrogen (secondary N) is 1. The maximum absolute atomic E-state index is 9.61. The predicted octanol–water partition coefficient (Wildman–Crippen LogP) is 3.42. The molecular weight excluding hydrogens is 262 g/mol. The zero-order valence-corrected chi connectivity index (χ0v) is 11.2. The van der Waals surface area contributed by atoms with Crippen molar-refractivity contribution in [2.75, 3.05) is 5.32 Å². The molecule has 3 aromatic rings. The molecule has 0 atom stereocenters. The van der Waals surface area contributed by atoms with Crippen LogP contribution in [0.2, 0.25) is 0 Å². The molecule has 0 spiro atoms. The van der Waals surface area contributed by atoms with Crippen LogP contribution in [0, 0.1) is 11.3 Å². The summed E-state index contributed by atoms with van der Waals surface area (Å²) < 4.78 is 0. The molecule has 0 fully saturated rings. The lowest BCUT2D eigenvalue weighted by Crippen LogP contribution is -2.01. The molecule has 2 aromatic carbocycles. The molecule has 0 aliphatic rings. The lowest BCUT2D eigenvalue weighted by molar-refractivity contribution is 0.476. The third-order valence-electron chi connectivity index (χ3n) is 3.29. The van der Waals surface area contributed by atoms with Crippen LogP contribution in [0.4, 0.5) is 5.82 Å². The average molecular weight is 275 g/mol. The van der Waals surface area contributed by atoms with Gasteiger partial charge in [-0.15, -0.1) is 0 Å². The number of nitriles is 1. The van der Waals surface area contributed by atoms with E-state index in [0.717, 1.165) is 22.2 Å². The summed E-state index contributed by atoms with van der Waals surface area (Å²) in [5.41, 5.74) is 1.71. The lowest BCUT2D eigenvalue weighted by atomic mass is 10.1. The summed E-state index contributed by atoms with van der Waals surface area (Å²) in [6.07, 6.45) is 1.74. The van der Waals surface area contributed by atoms with Gasteiger partial charge in [-0.3, -0.25) is 0 Å². The van der Waals surface area contributed by atoms with Crippen LogP contribution in [-0.2, 0) is 6.54 Å². The predicted molar refractivity (Wildman–Crippen MR) is 81.9 cm³/mol. The van der Waals surface area contributed by atoms with Crippen LogP contribution >= 0.6 is 0 Å². The zero-order chi connectivity index (χ0) is 14.7. The Bertz CT molecular complexity index is 820. The van der Waals surface area contributed by atoms with Gasteiger partial charge in [0.25, 0.3) is 0 Å². The molecule has 0 saturated carbocycles. The molecule has 1 heterocycles. The van der Waals surface area contributed by atoms with E-state index in [9.17, 15) is 5.11 Å². The van der Waals surface area contributed by atoms with Crippen LogP contribution < -0.4 is 5.32 Å². The molecule has 102 valence electrons. The Morgan fingerprint density at radius 1 is 1.10 bits per heavy atom. The van der Waals surface area contributed by atoms with E-state index in [2.05, 4.69) is 16.4 Å². The molecular formula is C17H13N3O. The molecule has 0 saturated heterocycles. The number of rotatable bonds is 3. The second-order valence-electron chi connectivity index (χ2n) is 4.73. The second kappa shape index (κ2) is 5.51. The summed E-state index contributed by atoms with van der Waals surface area (Å²) in [6, 6.07) is 16.6. The Morgan fingerprint density at radius 3 is 2.67 bits per heavy atom. The highest BCUT2D eigenvalue weighted by Gasteiger charge is 2.03. The van der Waals surface area contributed by atoms with Crippen LogP contribution in [-0.4, -0.2) is 10.1 Å². The van der Waals surface area contributed by atoms with E-state index in [1.54, 1.807) is 30.5 Å². The quantitative estimate of drug-likeness (QED) is 0.768. The van der Waals surface area contributed by atoms with Crippen LogP contribution in [0.5, 0.6) is 5.75 Å². The summed E-state index contributed by atoms with van der Waals surface area (Å²) in [5.74, 6) is 0.949. The maximum atomic E-state index is 9.61. The number of hydrogen-bond acceptors (Lipinski definition) is 4. The van der Waals surface area contributed by atoms with Crippen molar-refractivity contribution in [2.45, 2.75) is 6.54 Å². The number of benzene rings is 2. The number of anilines is 1. The topological polar surface area (TPSA) is 68.9 Å². The first-order valence-electron chi connectivity index (χ1n) is 6.57. The van der Waals surface area contributed by atoms with Gasteiger partial charge in [-0.25, -0.2) is 4.98 Å². The minimum Gasteiger partial charge on any atom is -0.508 e. The smallest absolute Gasteiger partial charge is 0.134 e. The molecule has 21 heavy (non-hydrogen) atoms. The van der Waals surface area contributed by atoms with Crippen molar-refractivity contribution >= 4 is 16.6 Å². The Morgan fingerprint density at radius 2 is 1.90 bits per heavy atom. The average Bonchev–Trinajstić information content (AvgIpc) is 2.53. The van der Waals surface area contributed by atoms with Gasteiger partial charge in [-0.2, -0.15) is 5.26 Å². The Hall–Kier alpha value is -3.06. The molecule has 1 aromatic heterocycles. The molecule has 2 N–H and O–H groups in total. The van der Waals surface area contributed by atoms with Gasteiger partial charge >= 0.3 is 0 Å². The van der Waals surface area contributed by atoms with E-state index in [-0.39, 0.29) is 5.75 Å². The first-order chi connectivity index (χ1) is 10.3. The van der Waals surface area contributed by atoms with Crippen molar-refractivity contribution in [3.8, 4) is 11.8 Å². The number of hydrogen-bond donors (Lipinski definition) is 2. The molecule has 0 aliphatic carbocycles. The third kappa shape index (κ3) is 2.77. The highest BCUT2D eigenvalue weighted by atomic mass is 16.3. The first-order valence-corrected chi connectivity index (χ1v) is 6.57. The maximum Gasteiger partial charge on any atom is 0.134 e. The Labute approximate surface area is 122 Å². The SMILES string of the molecule is N#Cc1ccc(CNc2nccc3ccc(O)cc23)cc1. The van der Waals surface area contributed by atoms with Gasteiger partial charge < -0.3 is 10.4 Å². The number of phenolic OH excluding ortho intramolecular Hbond substituents is 1. The number of fused-ring (bicyclic) bond motifs is 1. The summed E-state index contributed by atoms with van der Waals surface area (Å²) in [6.45, 7) is 0.605. The van der Waals surface area contributed by atoms with Crippen LogP contribution in [0.15, 0.2) is 54.7 Å². The van der Waals surface area contributed by atoms with Gasteiger partial charge in [0.05, 0.1) is 11.6 Å². The van der Waals surface area contributed by atoms with Crippen molar-refractivity contribution in [1.82, 2.24) is 4.98 Å². The second-order valence-corrected chi connectivity index (χ2v) is 4.73. The van der Waals surface area contributed by atoms with Crippen LogP contribution in [0.25, 0.3) is 10.8 Å². The van der Waals surface area contributed by atoms with Crippen molar-refractivity contribution in [3.63, 3.8) is 0 Å². The number of aromatic hydroxyl groups is 1. The van der Waals surface area contributed by atoms with E-state index in [0.29, 0.717) is 12.1 Å². The number of phenols is 1. The van der Waals surface area contributed by atoms with E-state index >= 15 is 0 Å². The monoisotopic (exact) mass is 275 g/mol. The minimum atomic E-state index is 0.219. The fraction of sp³-hybridized carbons (Fsp3) is 0.0588. The summed E-state index contributed by atoms with van der Waals surface area (Å²) in [7, 11) is 0. The van der Waals surface area contributed by atoms with Gasteiger partial charge in [0.15, 0.2) is 0 Å². The van der Waals surface area contributed by atoms with Gasteiger partial charge in [-0.05, 0) is 41.3 Å². The van der Waals surface area contributed by atoms with Crippen molar-refractivity contribution in [2.24, 2.45) is 0 Å². The highest BCUT2D eigenvalue weighted by Crippen LogP contribution is 2.25. The Kier molecular flexibility index (Phi) is 3.40. The highest BCUT2D eigenvalue weighted by molar-refractivity contribution is 5.92. The van der Waals surface area contributed by atoms with E-state index in [1.807, 2.05) is 24.3 Å². The molecule has 0 bridgehead atoms. The van der Waals surface area contributed by atoms with Crippen molar-refractivity contribution in [3.05, 3.63) is 65.9 Å².